The van der Waals surface area contributed by atoms with E-state index in [-0.39, 0.29) is 5.92 Å². The summed E-state index contributed by atoms with van der Waals surface area (Å²) in [6.07, 6.45) is -1.65. The molecule has 1 aromatic rings. The summed E-state index contributed by atoms with van der Waals surface area (Å²) in [5.41, 5.74) is 0.220. The molecule has 1 aromatic carbocycles. The molecular weight excluding hydrogens is 234 g/mol. The highest BCUT2D eigenvalue weighted by Gasteiger charge is 2.43. The first-order valence-electron chi connectivity index (χ1n) is 6.43. The Morgan fingerprint density at radius 1 is 1.11 bits per heavy atom. The molecule has 102 valence electrons. The molecule has 1 rings (SSSR count). The number of halogens is 2. The quantitative estimate of drug-likeness (QED) is 0.844. The van der Waals surface area contributed by atoms with Crippen LogP contribution < -0.4 is 0 Å². The molecule has 0 saturated carbocycles. The van der Waals surface area contributed by atoms with Gasteiger partial charge in [0.15, 0.2) is 0 Å². The van der Waals surface area contributed by atoms with Gasteiger partial charge in [-0.05, 0) is 23.5 Å². The Balaban J connectivity index is 3.18. The van der Waals surface area contributed by atoms with Crippen LogP contribution in [0.2, 0.25) is 0 Å². The normalized spacial score (nSPS) is 16.9. The van der Waals surface area contributed by atoms with E-state index in [2.05, 4.69) is 0 Å². The highest BCUT2D eigenvalue weighted by Crippen LogP contribution is 2.39. The second-order valence-electron chi connectivity index (χ2n) is 5.15. The van der Waals surface area contributed by atoms with Crippen molar-refractivity contribution in [3.63, 3.8) is 0 Å². The maximum atomic E-state index is 13.0. The number of rotatable bonds is 5. The molecule has 0 heterocycles. The predicted molar refractivity (Wildman–Crippen MR) is 69.7 cm³/mol. The third-order valence-corrected chi connectivity index (χ3v) is 3.78. The topological polar surface area (TPSA) is 20.2 Å². The zero-order valence-corrected chi connectivity index (χ0v) is 11.5. The SMILES string of the molecule is CCc1ccc(C(O)(C(C)C)C(C)C(F)F)cc1. The molecule has 0 spiro atoms. The van der Waals surface area contributed by atoms with Gasteiger partial charge in [-0.25, -0.2) is 8.78 Å². The Kier molecular flexibility index (Phi) is 4.85. The lowest BCUT2D eigenvalue weighted by atomic mass is 9.74. The van der Waals surface area contributed by atoms with Crippen molar-refractivity contribution in [2.24, 2.45) is 11.8 Å². The number of aliphatic hydroxyl groups is 1. The molecule has 0 aromatic heterocycles. The molecule has 2 unspecified atom stereocenters. The van der Waals surface area contributed by atoms with Gasteiger partial charge in [0.2, 0.25) is 6.43 Å². The molecule has 2 atom stereocenters. The van der Waals surface area contributed by atoms with E-state index < -0.39 is 17.9 Å². The van der Waals surface area contributed by atoms with Gasteiger partial charge in [0.1, 0.15) is 0 Å². The van der Waals surface area contributed by atoms with Crippen LogP contribution in [0.1, 0.15) is 38.8 Å². The van der Waals surface area contributed by atoms with E-state index in [1.54, 1.807) is 26.0 Å². The molecule has 0 amide bonds. The molecule has 0 aliphatic carbocycles. The van der Waals surface area contributed by atoms with Gasteiger partial charge >= 0.3 is 0 Å². The van der Waals surface area contributed by atoms with E-state index in [0.717, 1.165) is 12.0 Å². The third kappa shape index (κ3) is 2.72. The summed E-state index contributed by atoms with van der Waals surface area (Å²) in [4.78, 5) is 0. The monoisotopic (exact) mass is 256 g/mol. The number of aryl methyl sites for hydroxylation is 1. The van der Waals surface area contributed by atoms with Crippen LogP contribution in [-0.2, 0) is 12.0 Å². The molecule has 0 bridgehead atoms. The second kappa shape index (κ2) is 5.79. The summed E-state index contributed by atoms with van der Waals surface area (Å²) in [6.45, 7) is 6.98. The Hall–Kier alpha value is -0.960. The molecule has 1 nitrogen and oxygen atoms in total. The van der Waals surface area contributed by atoms with Crippen LogP contribution in [0.4, 0.5) is 8.78 Å². The minimum atomic E-state index is -2.54. The predicted octanol–water partition coefficient (Wildman–Crippen LogP) is 3.99. The minimum absolute atomic E-state index is 0.269. The van der Waals surface area contributed by atoms with E-state index in [1.165, 1.54) is 6.92 Å². The molecule has 18 heavy (non-hydrogen) atoms. The van der Waals surface area contributed by atoms with Crippen molar-refractivity contribution in [3.05, 3.63) is 35.4 Å². The van der Waals surface area contributed by atoms with E-state index in [9.17, 15) is 13.9 Å². The van der Waals surface area contributed by atoms with E-state index in [0.29, 0.717) is 5.56 Å². The van der Waals surface area contributed by atoms with Crippen molar-refractivity contribution in [3.8, 4) is 0 Å². The van der Waals surface area contributed by atoms with Gasteiger partial charge in [-0.3, -0.25) is 0 Å². The van der Waals surface area contributed by atoms with Gasteiger partial charge in [-0.2, -0.15) is 0 Å². The van der Waals surface area contributed by atoms with Crippen molar-refractivity contribution in [1.82, 2.24) is 0 Å². The lowest BCUT2D eigenvalue weighted by molar-refractivity contribution is -0.112. The van der Waals surface area contributed by atoms with Crippen molar-refractivity contribution < 1.29 is 13.9 Å². The molecule has 0 aliphatic rings. The Bertz CT molecular complexity index is 373. The average molecular weight is 256 g/mol. The van der Waals surface area contributed by atoms with Gasteiger partial charge < -0.3 is 5.11 Å². The number of hydrogen-bond acceptors (Lipinski definition) is 1. The largest absolute Gasteiger partial charge is 0.384 e. The maximum Gasteiger partial charge on any atom is 0.244 e. The summed E-state index contributed by atoms with van der Waals surface area (Å²) < 4.78 is 25.9. The summed E-state index contributed by atoms with van der Waals surface area (Å²) >= 11 is 0. The van der Waals surface area contributed by atoms with Crippen molar-refractivity contribution in [2.45, 2.75) is 46.1 Å². The molecular formula is C15H22F2O. The fraction of sp³-hybridized carbons (Fsp3) is 0.600. The van der Waals surface area contributed by atoms with Gasteiger partial charge in [0, 0.05) is 0 Å². The first-order chi connectivity index (χ1) is 8.33. The fourth-order valence-electron chi connectivity index (χ4n) is 2.32. The molecule has 0 fully saturated rings. The molecule has 1 N–H and O–H groups in total. The smallest absolute Gasteiger partial charge is 0.244 e. The molecule has 0 saturated heterocycles. The van der Waals surface area contributed by atoms with Crippen LogP contribution in [0.15, 0.2) is 24.3 Å². The highest BCUT2D eigenvalue weighted by molar-refractivity contribution is 5.28. The standard InChI is InChI=1S/C15H22F2O/c1-5-12-6-8-13(9-7-12)15(18,10(2)3)11(4)14(16)17/h6-11,14,18H,5H2,1-4H3. The Morgan fingerprint density at radius 3 is 1.94 bits per heavy atom. The second-order valence-corrected chi connectivity index (χ2v) is 5.15. The van der Waals surface area contributed by atoms with Crippen LogP contribution in [0.25, 0.3) is 0 Å². The lowest BCUT2D eigenvalue weighted by Crippen LogP contribution is -2.42. The summed E-state index contributed by atoms with van der Waals surface area (Å²) in [5.74, 6) is -1.36. The van der Waals surface area contributed by atoms with Gasteiger partial charge in [-0.15, -0.1) is 0 Å². The molecule has 0 radical (unpaired) electrons. The van der Waals surface area contributed by atoms with Crippen LogP contribution in [0.3, 0.4) is 0 Å². The van der Waals surface area contributed by atoms with Crippen molar-refractivity contribution in [1.29, 1.82) is 0 Å². The van der Waals surface area contributed by atoms with Gasteiger partial charge in [0.25, 0.3) is 0 Å². The lowest BCUT2D eigenvalue weighted by Gasteiger charge is -2.38. The van der Waals surface area contributed by atoms with E-state index >= 15 is 0 Å². The zero-order valence-electron chi connectivity index (χ0n) is 11.5. The maximum absolute atomic E-state index is 13.0. The first-order valence-corrected chi connectivity index (χ1v) is 6.43. The van der Waals surface area contributed by atoms with Crippen LogP contribution in [0, 0.1) is 11.8 Å². The molecule has 3 heteroatoms. The van der Waals surface area contributed by atoms with Crippen molar-refractivity contribution >= 4 is 0 Å². The highest BCUT2D eigenvalue weighted by atomic mass is 19.3. The first kappa shape index (κ1) is 15.1. The summed E-state index contributed by atoms with van der Waals surface area (Å²) in [7, 11) is 0. The van der Waals surface area contributed by atoms with E-state index in [4.69, 9.17) is 0 Å². The number of benzene rings is 1. The minimum Gasteiger partial charge on any atom is -0.384 e. The summed E-state index contributed by atoms with van der Waals surface area (Å²) in [6, 6.07) is 7.30. The summed E-state index contributed by atoms with van der Waals surface area (Å²) in [5, 5.41) is 10.7. The fourth-order valence-corrected chi connectivity index (χ4v) is 2.32. The average Bonchev–Trinajstić information content (AvgIpc) is 2.36. The number of alkyl halides is 2. The van der Waals surface area contributed by atoms with Crippen LogP contribution in [-0.4, -0.2) is 11.5 Å². The van der Waals surface area contributed by atoms with Crippen LogP contribution in [0.5, 0.6) is 0 Å². The van der Waals surface area contributed by atoms with E-state index in [1.807, 2.05) is 19.1 Å². The Labute approximate surface area is 108 Å². The Morgan fingerprint density at radius 2 is 1.61 bits per heavy atom. The van der Waals surface area contributed by atoms with Crippen molar-refractivity contribution in [2.75, 3.05) is 0 Å². The number of hydrogen-bond donors (Lipinski definition) is 1. The third-order valence-electron chi connectivity index (χ3n) is 3.78. The van der Waals surface area contributed by atoms with Crippen LogP contribution >= 0.6 is 0 Å². The molecule has 0 aliphatic heterocycles. The van der Waals surface area contributed by atoms with Gasteiger partial charge in [-0.1, -0.05) is 52.0 Å². The zero-order chi connectivity index (χ0) is 13.9. The van der Waals surface area contributed by atoms with Gasteiger partial charge in [0.05, 0.1) is 11.5 Å².